The largest absolute Gasteiger partial charge is 0.356 e. The molecule has 3 nitrogen and oxygen atoms in total. The second-order valence-electron chi connectivity index (χ2n) is 5.29. The molecule has 0 aromatic heterocycles. The molecule has 1 unspecified atom stereocenters. The highest BCUT2D eigenvalue weighted by atomic mass is 127. The van der Waals surface area contributed by atoms with Crippen LogP contribution in [-0.4, -0.2) is 26.1 Å². The van der Waals surface area contributed by atoms with Gasteiger partial charge in [-0.1, -0.05) is 37.3 Å². The molecule has 0 saturated heterocycles. The van der Waals surface area contributed by atoms with E-state index in [9.17, 15) is 0 Å². The molecule has 20 heavy (non-hydrogen) atoms. The molecule has 1 fully saturated rings. The average molecular weight is 387 g/mol. The Morgan fingerprint density at radius 2 is 1.95 bits per heavy atom. The van der Waals surface area contributed by atoms with Crippen molar-refractivity contribution in [1.82, 2.24) is 10.6 Å². The average Bonchev–Trinajstić information content (AvgIpc) is 3.28. The van der Waals surface area contributed by atoms with E-state index < -0.39 is 0 Å². The standard InChI is InChI=1S/C16H25N3.HI/c1-3-14(15-7-5-4-6-8-15)12-19-16(17-2)18-11-13-9-10-13;/h4-8,13-14H,3,9-12H2,1-2H3,(H2,17,18,19);1H. The van der Waals surface area contributed by atoms with Gasteiger partial charge in [0.2, 0.25) is 0 Å². The maximum atomic E-state index is 4.28. The number of rotatable bonds is 6. The summed E-state index contributed by atoms with van der Waals surface area (Å²) >= 11 is 0. The van der Waals surface area contributed by atoms with Crippen molar-refractivity contribution in [1.29, 1.82) is 0 Å². The summed E-state index contributed by atoms with van der Waals surface area (Å²) in [5.41, 5.74) is 1.40. The van der Waals surface area contributed by atoms with E-state index in [1.807, 2.05) is 7.05 Å². The maximum absolute atomic E-state index is 4.28. The van der Waals surface area contributed by atoms with Gasteiger partial charge in [0.25, 0.3) is 0 Å². The predicted octanol–water partition coefficient (Wildman–Crippen LogP) is 3.37. The third kappa shape index (κ3) is 5.69. The maximum Gasteiger partial charge on any atom is 0.191 e. The van der Waals surface area contributed by atoms with Gasteiger partial charge in [-0.3, -0.25) is 4.99 Å². The molecule has 0 heterocycles. The Morgan fingerprint density at radius 1 is 1.25 bits per heavy atom. The normalized spacial score (nSPS) is 16.2. The van der Waals surface area contributed by atoms with Gasteiger partial charge in [0.05, 0.1) is 0 Å². The first-order valence-corrected chi connectivity index (χ1v) is 7.33. The van der Waals surface area contributed by atoms with E-state index >= 15 is 0 Å². The second-order valence-corrected chi connectivity index (χ2v) is 5.29. The molecule has 0 amide bonds. The number of aliphatic imine (C=N–C) groups is 1. The Morgan fingerprint density at radius 3 is 2.50 bits per heavy atom. The van der Waals surface area contributed by atoms with Crippen LogP contribution in [0.4, 0.5) is 0 Å². The van der Waals surface area contributed by atoms with Gasteiger partial charge in [-0.15, -0.1) is 24.0 Å². The summed E-state index contributed by atoms with van der Waals surface area (Å²) < 4.78 is 0. The van der Waals surface area contributed by atoms with Gasteiger partial charge in [0.15, 0.2) is 5.96 Å². The van der Waals surface area contributed by atoms with Crippen LogP contribution in [-0.2, 0) is 0 Å². The number of benzene rings is 1. The van der Waals surface area contributed by atoms with Gasteiger partial charge in [0.1, 0.15) is 0 Å². The molecule has 0 radical (unpaired) electrons. The van der Waals surface area contributed by atoms with E-state index in [1.165, 1.54) is 18.4 Å². The highest BCUT2D eigenvalue weighted by Crippen LogP contribution is 2.27. The summed E-state index contributed by atoms with van der Waals surface area (Å²) in [7, 11) is 1.84. The molecule has 0 aliphatic heterocycles. The molecule has 1 aliphatic carbocycles. The van der Waals surface area contributed by atoms with Crippen molar-refractivity contribution in [2.24, 2.45) is 10.9 Å². The topological polar surface area (TPSA) is 36.4 Å². The number of nitrogens with zero attached hydrogens (tertiary/aromatic N) is 1. The lowest BCUT2D eigenvalue weighted by atomic mass is 9.97. The molecule has 1 aromatic carbocycles. The van der Waals surface area contributed by atoms with Crippen LogP contribution >= 0.6 is 24.0 Å². The predicted molar refractivity (Wildman–Crippen MR) is 97.0 cm³/mol. The van der Waals surface area contributed by atoms with Crippen molar-refractivity contribution in [3.05, 3.63) is 35.9 Å². The van der Waals surface area contributed by atoms with Crippen molar-refractivity contribution >= 4 is 29.9 Å². The fourth-order valence-corrected chi connectivity index (χ4v) is 2.23. The first-order chi connectivity index (χ1) is 9.33. The Hall–Kier alpha value is -0.780. The minimum Gasteiger partial charge on any atom is -0.356 e. The van der Waals surface area contributed by atoms with Crippen LogP contribution in [0.2, 0.25) is 0 Å². The number of nitrogens with one attached hydrogen (secondary N) is 2. The number of halogens is 1. The van der Waals surface area contributed by atoms with Crippen LogP contribution < -0.4 is 10.6 Å². The van der Waals surface area contributed by atoms with Crippen LogP contribution in [0.1, 0.15) is 37.7 Å². The highest BCUT2D eigenvalue weighted by molar-refractivity contribution is 14.0. The molecule has 2 rings (SSSR count). The third-order valence-corrected chi connectivity index (χ3v) is 3.76. The van der Waals surface area contributed by atoms with Crippen LogP contribution in [0, 0.1) is 5.92 Å². The third-order valence-electron chi connectivity index (χ3n) is 3.76. The van der Waals surface area contributed by atoms with Gasteiger partial charge in [-0.2, -0.15) is 0 Å². The Balaban J connectivity index is 0.00000200. The molecule has 1 aliphatic rings. The molecular formula is C16H26IN3. The zero-order chi connectivity index (χ0) is 13.5. The first-order valence-electron chi connectivity index (χ1n) is 7.33. The molecule has 1 atom stereocenters. The van der Waals surface area contributed by atoms with E-state index in [2.05, 4.69) is 52.9 Å². The molecule has 112 valence electrons. The fraction of sp³-hybridized carbons (Fsp3) is 0.562. The molecule has 0 spiro atoms. The van der Waals surface area contributed by atoms with Crippen molar-refractivity contribution in [2.45, 2.75) is 32.1 Å². The Kier molecular flexibility index (Phi) is 7.95. The van der Waals surface area contributed by atoms with Gasteiger partial charge >= 0.3 is 0 Å². The summed E-state index contributed by atoms with van der Waals surface area (Å²) in [5, 5.41) is 6.84. The zero-order valence-electron chi connectivity index (χ0n) is 12.4. The monoisotopic (exact) mass is 387 g/mol. The van der Waals surface area contributed by atoms with Gasteiger partial charge in [-0.05, 0) is 30.7 Å². The lowest BCUT2D eigenvalue weighted by molar-refractivity contribution is 0.626. The van der Waals surface area contributed by atoms with Crippen molar-refractivity contribution in [2.75, 3.05) is 20.1 Å². The van der Waals surface area contributed by atoms with Crippen LogP contribution in [0.5, 0.6) is 0 Å². The number of guanidine groups is 1. The van der Waals surface area contributed by atoms with E-state index in [-0.39, 0.29) is 24.0 Å². The zero-order valence-corrected chi connectivity index (χ0v) is 14.8. The van der Waals surface area contributed by atoms with Gasteiger partial charge < -0.3 is 10.6 Å². The smallest absolute Gasteiger partial charge is 0.191 e. The minimum atomic E-state index is 0. The van der Waals surface area contributed by atoms with Crippen molar-refractivity contribution in [3.63, 3.8) is 0 Å². The van der Waals surface area contributed by atoms with E-state index in [1.54, 1.807) is 0 Å². The van der Waals surface area contributed by atoms with Crippen LogP contribution in [0.15, 0.2) is 35.3 Å². The Bertz CT molecular complexity index is 401. The molecule has 0 bridgehead atoms. The van der Waals surface area contributed by atoms with E-state index in [0.717, 1.165) is 31.4 Å². The molecule has 1 aromatic rings. The van der Waals surface area contributed by atoms with Crippen molar-refractivity contribution < 1.29 is 0 Å². The fourth-order valence-electron chi connectivity index (χ4n) is 2.23. The molecule has 2 N–H and O–H groups in total. The van der Waals surface area contributed by atoms with E-state index in [0.29, 0.717) is 5.92 Å². The number of hydrogen-bond donors (Lipinski definition) is 2. The SMILES string of the molecule is CCC(CNC(=NC)NCC1CC1)c1ccccc1.I. The quantitative estimate of drug-likeness (QED) is 0.446. The number of hydrogen-bond acceptors (Lipinski definition) is 1. The van der Waals surface area contributed by atoms with Gasteiger partial charge in [-0.25, -0.2) is 0 Å². The molecular weight excluding hydrogens is 361 g/mol. The van der Waals surface area contributed by atoms with Gasteiger partial charge in [0, 0.05) is 26.1 Å². The molecule has 4 heteroatoms. The summed E-state index contributed by atoms with van der Waals surface area (Å²) in [4.78, 5) is 4.28. The summed E-state index contributed by atoms with van der Waals surface area (Å²) in [6.07, 6.45) is 3.87. The second kappa shape index (κ2) is 9.21. The first kappa shape index (κ1) is 17.3. The van der Waals surface area contributed by atoms with Crippen LogP contribution in [0.25, 0.3) is 0 Å². The minimum absolute atomic E-state index is 0. The van der Waals surface area contributed by atoms with Crippen molar-refractivity contribution in [3.8, 4) is 0 Å². The lowest BCUT2D eigenvalue weighted by Crippen LogP contribution is -2.40. The lowest BCUT2D eigenvalue weighted by Gasteiger charge is -2.18. The Labute approximate surface area is 139 Å². The summed E-state index contributed by atoms with van der Waals surface area (Å²) in [5.74, 6) is 2.34. The molecule has 1 saturated carbocycles. The summed E-state index contributed by atoms with van der Waals surface area (Å²) in [6.45, 7) is 4.23. The van der Waals surface area contributed by atoms with Crippen LogP contribution in [0.3, 0.4) is 0 Å². The van der Waals surface area contributed by atoms with E-state index in [4.69, 9.17) is 0 Å². The summed E-state index contributed by atoms with van der Waals surface area (Å²) in [6, 6.07) is 10.7. The highest BCUT2D eigenvalue weighted by Gasteiger charge is 2.21.